The summed E-state index contributed by atoms with van der Waals surface area (Å²) in [5.41, 5.74) is 0. The molecule has 1 saturated carbocycles. The molecule has 0 aromatic heterocycles. The molecule has 1 aliphatic carbocycles. The van der Waals surface area contributed by atoms with Crippen molar-refractivity contribution in [3.05, 3.63) is 0 Å². The van der Waals surface area contributed by atoms with Crippen LogP contribution in [-0.4, -0.2) is 54.0 Å². The van der Waals surface area contributed by atoms with Gasteiger partial charge in [-0.2, -0.15) is 0 Å². The van der Waals surface area contributed by atoms with Crippen LogP contribution in [0, 0.1) is 0 Å². The molecule has 1 saturated heterocycles. The number of carbonyl (C=O) groups excluding carboxylic acids is 2. The van der Waals surface area contributed by atoms with Crippen LogP contribution in [0.25, 0.3) is 0 Å². The van der Waals surface area contributed by atoms with Crippen LogP contribution in [0.5, 0.6) is 0 Å². The lowest BCUT2D eigenvalue weighted by molar-refractivity contribution is -0.131. The van der Waals surface area contributed by atoms with Crippen molar-refractivity contribution in [2.75, 3.05) is 26.2 Å². The first-order valence-electron chi connectivity index (χ1n) is 8.04. The Morgan fingerprint density at radius 2 is 1.65 bits per heavy atom. The lowest BCUT2D eigenvalue weighted by atomic mass is 10.2. The lowest BCUT2D eigenvalue weighted by Crippen LogP contribution is -2.45. The van der Waals surface area contributed by atoms with E-state index in [4.69, 9.17) is 0 Å². The van der Waals surface area contributed by atoms with E-state index in [1.54, 1.807) is 0 Å². The molecule has 2 fully saturated rings. The quantitative estimate of drug-likeness (QED) is 0.860. The number of rotatable bonds is 3. The average molecular weight is 281 g/mol. The van der Waals surface area contributed by atoms with Crippen LogP contribution in [0.1, 0.15) is 51.9 Å². The number of nitrogens with one attached hydrogen (secondary N) is 1. The van der Waals surface area contributed by atoms with Gasteiger partial charge in [0.25, 0.3) is 0 Å². The number of hydrogen-bond acceptors (Lipinski definition) is 2. The average Bonchev–Trinajstić information content (AvgIpc) is 2.80. The first kappa shape index (κ1) is 15.1. The van der Waals surface area contributed by atoms with Gasteiger partial charge in [-0.3, -0.25) is 4.79 Å². The second-order valence-corrected chi connectivity index (χ2v) is 5.90. The van der Waals surface area contributed by atoms with Gasteiger partial charge in [-0.1, -0.05) is 19.8 Å². The highest BCUT2D eigenvalue weighted by molar-refractivity contribution is 5.77. The minimum Gasteiger partial charge on any atom is -0.341 e. The molecule has 0 spiro atoms. The summed E-state index contributed by atoms with van der Waals surface area (Å²) >= 11 is 0. The van der Waals surface area contributed by atoms with E-state index in [-0.39, 0.29) is 11.9 Å². The molecule has 1 aliphatic heterocycles. The monoisotopic (exact) mass is 281 g/mol. The second kappa shape index (κ2) is 7.50. The highest BCUT2D eigenvalue weighted by Crippen LogP contribution is 2.18. The molecule has 2 aliphatic rings. The Balaban J connectivity index is 1.79. The van der Waals surface area contributed by atoms with Gasteiger partial charge in [-0.05, 0) is 25.7 Å². The SMILES string of the molecule is CCCC(=O)N1CCCN(C(=O)NC2CCCC2)CC1. The van der Waals surface area contributed by atoms with Crippen molar-refractivity contribution in [2.45, 2.75) is 57.9 Å². The molecule has 1 heterocycles. The fourth-order valence-electron chi connectivity index (χ4n) is 3.08. The molecular weight excluding hydrogens is 254 g/mol. The van der Waals surface area contributed by atoms with Crippen LogP contribution in [-0.2, 0) is 4.79 Å². The van der Waals surface area contributed by atoms with E-state index in [0.29, 0.717) is 25.6 Å². The van der Waals surface area contributed by atoms with E-state index in [9.17, 15) is 9.59 Å². The van der Waals surface area contributed by atoms with Crippen LogP contribution in [0.2, 0.25) is 0 Å². The molecule has 0 aromatic rings. The van der Waals surface area contributed by atoms with Crippen molar-refractivity contribution in [1.29, 1.82) is 0 Å². The summed E-state index contributed by atoms with van der Waals surface area (Å²) in [5.74, 6) is 0.227. The van der Waals surface area contributed by atoms with Crippen molar-refractivity contribution >= 4 is 11.9 Å². The van der Waals surface area contributed by atoms with Gasteiger partial charge >= 0.3 is 6.03 Å². The highest BCUT2D eigenvalue weighted by Gasteiger charge is 2.24. The highest BCUT2D eigenvalue weighted by atomic mass is 16.2. The molecule has 1 N–H and O–H groups in total. The molecule has 5 heteroatoms. The molecule has 3 amide bonds. The van der Waals surface area contributed by atoms with E-state index in [1.807, 2.05) is 16.7 Å². The lowest BCUT2D eigenvalue weighted by Gasteiger charge is -2.24. The number of carbonyl (C=O) groups is 2. The molecule has 0 radical (unpaired) electrons. The Hall–Kier alpha value is -1.26. The smallest absolute Gasteiger partial charge is 0.317 e. The summed E-state index contributed by atoms with van der Waals surface area (Å²) in [4.78, 5) is 27.9. The zero-order valence-electron chi connectivity index (χ0n) is 12.6. The fourth-order valence-corrected chi connectivity index (χ4v) is 3.08. The third-order valence-corrected chi connectivity index (χ3v) is 4.28. The minimum atomic E-state index is 0.0571. The van der Waals surface area contributed by atoms with Gasteiger partial charge in [0.2, 0.25) is 5.91 Å². The Bertz CT molecular complexity index is 340. The Labute approximate surface area is 121 Å². The molecule has 0 bridgehead atoms. The van der Waals surface area contributed by atoms with Crippen LogP contribution in [0.15, 0.2) is 0 Å². The fraction of sp³-hybridized carbons (Fsp3) is 0.867. The first-order chi connectivity index (χ1) is 9.70. The zero-order chi connectivity index (χ0) is 14.4. The van der Waals surface area contributed by atoms with E-state index >= 15 is 0 Å². The zero-order valence-corrected chi connectivity index (χ0v) is 12.6. The Kier molecular flexibility index (Phi) is 5.68. The predicted octanol–water partition coefficient (Wildman–Crippen LogP) is 1.97. The standard InChI is InChI=1S/C15H27N3O2/c1-2-6-14(19)17-9-5-10-18(12-11-17)15(20)16-13-7-3-4-8-13/h13H,2-12H2,1H3,(H,16,20). The summed E-state index contributed by atoms with van der Waals surface area (Å²) in [6.45, 7) is 4.91. The number of hydrogen-bond donors (Lipinski definition) is 1. The minimum absolute atomic E-state index is 0.0571. The predicted molar refractivity (Wildman–Crippen MR) is 78.5 cm³/mol. The number of urea groups is 1. The molecule has 114 valence electrons. The van der Waals surface area contributed by atoms with Gasteiger partial charge in [0.15, 0.2) is 0 Å². The van der Waals surface area contributed by atoms with Crippen LogP contribution < -0.4 is 5.32 Å². The van der Waals surface area contributed by atoms with Crippen molar-refractivity contribution < 1.29 is 9.59 Å². The van der Waals surface area contributed by atoms with Crippen molar-refractivity contribution in [1.82, 2.24) is 15.1 Å². The summed E-state index contributed by atoms with van der Waals surface area (Å²) in [5, 5.41) is 3.13. The maximum atomic E-state index is 12.2. The van der Waals surface area contributed by atoms with Crippen LogP contribution >= 0.6 is 0 Å². The maximum absolute atomic E-state index is 12.2. The van der Waals surface area contributed by atoms with E-state index in [1.165, 1.54) is 12.8 Å². The largest absolute Gasteiger partial charge is 0.341 e. The molecule has 0 aromatic carbocycles. The number of amides is 3. The van der Waals surface area contributed by atoms with E-state index in [2.05, 4.69) is 5.32 Å². The summed E-state index contributed by atoms with van der Waals surface area (Å²) in [6, 6.07) is 0.422. The molecule has 5 nitrogen and oxygen atoms in total. The van der Waals surface area contributed by atoms with Crippen molar-refractivity contribution in [3.63, 3.8) is 0 Å². The van der Waals surface area contributed by atoms with Gasteiger partial charge in [-0.25, -0.2) is 4.79 Å². The van der Waals surface area contributed by atoms with Crippen molar-refractivity contribution in [2.24, 2.45) is 0 Å². The molecule has 0 unspecified atom stereocenters. The normalized spacial score (nSPS) is 20.9. The van der Waals surface area contributed by atoms with Crippen LogP contribution in [0.4, 0.5) is 4.79 Å². The summed E-state index contributed by atoms with van der Waals surface area (Å²) in [7, 11) is 0. The van der Waals surface area contributed by atoms with Gasteiger partial charge in [0.05, 0.1) is 0 Å². The molecule has 2 rings (SSSR count). The molecule has 0 atom stereocenters. The third kappa shape index (κ3) is 4.12. The van der Waals surface area contributed by atoms with E-state index < -0.39 is 0 Å². The van der Waals surface area contributed by atoms with Gasteiger partial charge in [0, 0.05) is 38.6 Å². The summed E-state index contributed by atoms with van der Waals surface area (Å²) in [6.07, 6.45) is 7.07. The maximum Gasteiger partial charge on any atom is 0.317 e. The van der Waals surface area contributed by atoms with Crippen molar-refractivity contribution in [3.8, 4) is 0 Å². The first-order valence-corrected chi connectivity index (χ1v) is 8.04. The topological polar surface area (TPSA) is 52.7 Å². The molecular formula is C15H27N3O2. The van der Waals surface area contributed by atoms with E-state index in [0.717, 1.165) is 38.8 Å². The van der Waals surface area contributed by atoms with Gasteiger partial charge < -0.3 is 15.1 Å². The van der Waals surface area contributed by atoms with Gasteiger partial charge in [-0.15, -0.1) is 0 Å². The van der Waals surface area contributed by atoms with Crippen LogP contribution in [0.3, 0.4) is 0 Å². The second-order valence-electron chi connectivity index (χ2n) is 5.90. The summed E-state index contributed by atoms with van der Waals surface area (Å²) < 4.78 is 0. The third-order valence-electron chi connectivity index (χ3n) is 4.28. The number of nitrogens with zero attached hydrogens (tertiary/aromatic N) is 2. The Morgan fingerprint density at radius 3 is 2.35 bits per heavy atom. The van der Waals surface area contributed by atoms with Gasteiger partial charge in [0.1, 0.15) is 0 Å². The molecule has 20 heavy (non-hydrogen) atoms. The Morgan fingerprint density at radius 1 is 1.00 bits per heavy atom.